The Labute approximate surface area is 204 Å². The van der Waals surface area contributed by atoms with Crippen LogP contribution in [0.5, 0.6) is 0 Å². The summed E-state index contributed by atoms with van der Waals surface area (Å²) in [6.45, 7) is 1.86. The fraction of sp³-hybridized carbons (Fsp3) is 0.0833. The first-order valence-corrected chi connectivity index (χ1v) is 10.9. The minimum absolute atomic E-state index is 0.0803. The Balaban J connectivity index is 1.98. The molecule has 2 aromatic carbocycles. The largest absolute Gasteiger partial charge is 0.354 e. The van der Waals surface area contributed by atoms with Crippen LogP contribution in [0.25, 0.3) is 33.7 Å². The highest BCUT2D eigenvalue weighted by molar-refractivity contribution is 6.31. The fourth-order valence-corrected chi connectivity index (χ4v) is 3.57. The van der Waals surface area contributed by atoms with Gasteiger partial charge in [0.15, 0.2) is 17.1 Å². The van der Waals surface area contributed by atoms with Crippen LogP contribution in [0.2, 0.25) is 10.0 Å². The maximum atomic E-state index is 13.3. The average Bonchev–Trinajstić information content (AvgIpc) is 2.85. The van der Waals surface area contributed by atoms with Gasteiger partial charge in [0.1, 0.15) is 12.3 Å². The second-order valence-corrected chi connectivity index (χ2v) is 7.84. The molecule has 0 saturated heterocycles. The van der Waals surface area contributed by atoms with Crippen molar-refractivity contribution in [2.45, 2.75) is 13.3 Å². The van der Waals surface area contributed by atoms with Crippen molar-refractivity contribution in [3.63, 3.8) is 0 Å². The van der Waals surface area contributed by atoms with E-state index in [1.54, 1.807) is 42.6 Å². The average molecular weight is 491 g/mol. The lowest BCUT2D eigenvalue weighted by molar-refractivity contribution is 0.297. The fourth-order valence-electron chi connectivity index (χ4n) is 3.32. The molecule has 168 valence electrons. The van der Waals surface area contributed by atoms with E-state index in [2.05, 4.69) is 20.5 Å². The number of nitriles is 1. The van der Waals surface area contributed by atoms with E-state index in [-0.39, 0.29) is 17.1 Å². The summed E-state index contributed by atoms with van der Waals surface area (Å²) in [6, 6.07) is 16.2. The van der Waals surface area contributed by atoms with Crippen molar-refractivity contribution < 1.29 is 4.84 Å². The molecule has 0 fully saturated rings. The van der Waals surface area contributed by atoms with Crippen molar-refractivity contribution in [3.8, 4) is 28.3 Å². The summed E-state index contributed by atoms with van der Waals surface area (Å²) in [6.07, 6.45) is 4.66. The summed E-state index contributed by atoms with van der Waals surface area (Å²) in [5.41, 5.74) is 2.62. The Hall–Kier alpha value is -4.06. The van der Waals surface area contributed by atoms with Crippen LogP contribution in [-0.4, -0.2) is 26.0 Å². The third kappa shape index (κ3) is 4.66. The van der Waals surface area contributed by atoms with Gasteiger partial charge >= 0.3 is 5.56 Å². The minimum atomic E-state index is -0.547. The number of allylic oxidation sites excluding steroid dienone is 1. The molecule has 2 heterocycles. The summed E-state index contributed by atoms with van der Waals surface area (Å²) >= 11 is 12.2. The van der Waals surface area contributed by atoms with E-state index in [0.717, 1.165) is 27.4 Å². The van der Waals surface area contributed by atoms with Crippen molar-refractivity contribution >= 4 is 40.8 Å². The SMILES string of the molecule is CC/C=C(\O/N=C/C#N)c1nnc2c(-c3ccc(Cl)cc3)c(-c3ccc(Cl)cc3)cnn2c1=O. The second-order valence-electron chi connectivity index (χ2n) is 6.97. The van der Waals surface area contributed by atoms with Gasteiger partial charge in [-0.3, -0.25) is 4.79 Å². The van der Waals surface area contributed by atoms with Gasteiger partial charge in [0.05, 0.1) is 6.20 Å². The molecule has 0 bridgehead atoms. The van der Waals surface area contributed by atoms with Crippen LogP contribution in [0.15, 0.2) is 70.8 Å². The van der Waals surface area contributed by atoms with E-state index in [1.165, 1.54) is 0 Å². The predicted molar refractivity (Wildman–Crippen MR) is 131 cm³/mol. The van der Waals surface area contributed by atoms with Crippen LogP contribution in [0.1, 0.15) is 19.0 Å². The van der Waals surface area contributed by atoms with Crippen LogP contribution in [0.3, 0.4) is 0 Å². The molecule has 34 heavy (non-hydrogen) atoms. The number of hydrogen-bond acceptors (Lipinski definition) is 7. The molecule has 0 saturated carbocycles. The number of halogens is 2. The standard InChI is InChI=1S/C24H16Cl2N6O2/c1-2-3-20(34-29-13-12-27)22-24(33)32-23(31-30-22)21(16-6-10-18(26)11-7-16)19(14-28-32)15-4-8-17(25)9-5-15/h3-11,13-14H,2H2,1H3/b20-3-,29-13+. The molecule has 0 atom stereocenters. The molecule has 0 aliphatic carbocycles. The molecular weight excluding hydrogens is 475 g/mol. The molecule has 4 rings (SSSR count). The Kier molecular flexibility index (Phi) is 6.97. The zero-order chi connectivity index (χ0) is 24.1. The Bertz CT molecular complexity index is 1500. The lowest BCUT2D eigenvalue weighted by atomic mass is 9.97. The third-order valence-corrected chi connectivity index (χ3v) is 5.31. The van der Waals surface area contributed by atoms with Crippen molar-refractivity contribution in [1.82, 2.24) is 19.8 Å². The zero-order valence-corrected chi connectivity index (χ0v) is 19.3. The quantitative estimate of drug-likeness (QED) is 0.203. The second kappa shape index (κ2) is 10.3. The van der Waals surface area contributed by atoms with E-state index in [0.29, 0.717) is 22.0 Å². The first-order valence-electron chi connectivity index (χ1n) is 10.1. The van der Waals surface area contributed by atoms with Gasteiger partial charge in [0.2, 0.25) is 0 Å². The van der Waals surface area contributed by atoms with E-state index in [4.69, 9.17) is 33.3 Å². The van der Waals surface area contributed by atoms with Crippen molar-refractivity contribution in [3.05, 3.63) is 86.9 Å². The molecule has 0 N–H and O–H groups in total. The van der Waals surface area contributed by atoms with E-state index in [1.807, 2.05) is 31.2 Å². The predicted octanol–water partition coefficient (Wildman–Crippen LogP) is 5.40. The third-order valence-electron chi connectivity index (χ3n) is 4.81. The highest BCUT2D eigenvalue weighted by Crippen LogP contribution is 2.34. The van der Waals surface area contributed by atoms with Crippen molar-refractivity contribution in [1.29, 1.82) is 5.26 Å². The number of fused-ring (bicyclic) bond motifs is 1. The normalized spacial score (nSPS) is 11.6. The van der Waals surface area contributed by atoms with Gasteiger partial charge in [-0.1, -0.05) is 59.5 Å². The monoisotopic (exact) mass is 490 g/mol. The molecule has 0 amide bonds. The zero-order valence-electron chi connectivity index (χ0n) is 17.8. The van der Waals surface area contributed by atoms with Crippen LogP contribution in [0, 0.1) is 11.3 Å². The van der Waals surface area contributed by atoms with Gasteiger partial charge in [0.25, 0.3) is 0 Å². The molecule has 0 radical (unpaired) electrons. The van der Waals surface area contributed by atoms with Gasteiger partial charge < -0.3 is 4.84 Å². The maximum Gasteiger partial charge on any atom is 0.304 e. The van der Waals surface area contributed by atoms with Gasteiger partial charge in [-0.15, -0.1) is 10.2 Å². The summed E-state index contributed by atoms with van der Waals surface area (Å²) in [5, 5.41) is 26.2. The highest BCUT2D eigenvalue weighted by Gasteiger charge is 2.20. The van der Waals surface area contributed by atoms with E-state index >= 15 is 0 Å². The van der Waals surface area contributed by atoms with Crippen LogP contribution >= 0.6 is 23.2 Å². The van der Waals surface area contributed by atoms with Gasteiger partial charge in [-0.25, -0.2) is 0 Å². The molecule has 10 heteroatoms. The summed E-state index contributed by atoms with van der Waals surface area (Å²) in [5.74, 6) is 0.0810. The Morgan fingerprint density at radius 3 is 2.35 bits per heavy atom. The Morgan fingerprint density at radius 2 is 1.74 bits per heavy atom. The number of nitrogens with zero attached hydrogens (tertiary/aromatic N) is 6. The van der Waals surface area contributed by atoms with E-state index in [9.17, 15) is 4.79 Å². The van der Waals surface area contributed by atoms with E-state index < -0.39 is 5.56 Å². The maximum absolute atomic E-state index is 13.3. The molecule has 0 aliphatic rings. The minimum Gasteiger partial charge on any atom is -0.354 e. The molecular formula is C24H16Cl2N6O2. The first-order chi connectivity index (χ1) is 16.5. The topological polar surface area (TPSA) is 106 Å². The van der Waals surface area contributed by atoms with Gasteiger partial charge in [-0.2, -0.15) is 14.9 Å². The molecule has 0 spiro atoms. The number of hydrogen-bond donors (Lipinski definition) is 0. The highest BCUT2D eigenvalue weighted by atomic mass is 35.5. The van der Waals surface area contributed by atoms with Gasteiger partial charge in [0, 0.05) is 21.2 Å². The summed E-state index contributed by atoms with van der Waals surface area (Å²) < 4.78 is 1.16. The first kappa shape index (κ1) is 23.1. The number of aromatic nitrogens is 4. The van der Waals surface area contributed by atoms with Crippen molar-refractivity contribution in [2.24, 2.45) is 5.16 Å². The lowest BCUT2D eigenvalue weighted by Gasteiger charge is -2.13. The smallest absolute Gasteiger partial charge is 0.304 e. The number of oxime groups is 1. The van der Waals surface area contributed by atoms with Crippen LogP contribution in [0.4, 0.5) is 0 Å². The summed E-state index contributed by atoms with van der Waals surface area (Å²) in [4.78, 5) is 18.5. The van der Waals surface area contributed by atoms with Crippen LogP contribution in [-0.2, 0) is 4.84 Å². The number of rotatable bonds is 6. The van der Waals surface area contributed by atoms with Crippen LogP contribution < -0.4 is 5.56 Å². The lowest BCUT2D eigenvalue weighted by Crippen LogP contribution is -2.24. The van der Waals surface area contributed by atoms with Gasteiger partial charge in [-0.05, 0) is 47.9 Å². The molecule has 0 aliphatic heterocycles. The number of benzene rings is 2. The molecule has 2 aromatic heterocycles. The summed E-state index contributed by atoms with van der Waals surface area (Å²) in [7, 11) is 0. The molecule has 8 nitrogen and oxygen atoms in total. The molecule has 4 aromatic rings. The van der Waals surface area contributed by atoms with Crippen molar-refractivity contribution in [2.75, 3.05) is 0 Å². The molecule has 0 unspecified atom stereocenters. The Morgan fingerprint density at radius 1 is 1.09 bits per heavy atom.